The molecule has 1 aromatic carbocycles. The Morgan fingerprint density at radius 1 is 1.31 bits per heavy atom. The van der Waals surface area contributed by atoms with E-state index in [1.54, 1.807) is 12.1 Å². The molecule has 1 fully saturated rings. The molecule has 2 N–H and O–H groups in total. The summed E-state index contributed by atoms with van der Waals surface area (Å²) in [7, 11) is 1.46. The quantitative estimate of drug-likeness (QED) is 0.530. The summed E-state index contributed by atoms with van der Waals surface area (Å²) >= 11 is 0. The number of nitrogens with zero attached hydrogens (tertiary/aromatic N) is 2. The Balaban J connectivity index is 2.16. The van der Waals surface area contributed by atoms with Crippen LogP contribution in [0.2, 0.25) is 0 Å². The van der Waals surface area contributed by atoms with Gasteiger partial charge in [0, 0.05) is 25.7 Å². The minimum atomic E-state index is -0.377. The standard InChI is InChI=1S/C20H33N3O3/c1-20(2,14-21)15-22(12-16-7-5-4-6-8-16)13-17-9-10-19(26-3)18(11-17)23(24)25/h9-11,16H,4-8,12-15,21H2,1-3H3. The molecule has 0 bridgehead atoms. The van der Waals surface area contributed by atoms with E-state index in [1.807, 2.05) is 6.07 Å². The van der Waals surface area contributed by atoms with Gasteiger partial charge in [0.25, 0.3) is 0 Å². The molecule has 0 unspecified atom stereocenters. The molecule has 6 nitrogen and oxygen atoms in total. The van der Waals surface area contributed by atoms with E-state index in [2.05, 4.69) is 18.7 Å². The number of benzene rings is 1. The van der Waals surface area contributed by atoms with E-state index in [1.165, 1.54) is 39.2 Å². The van der Waals surface area contributed by atoms with Crippen LogP contribution in [0.15, 0.2) is 18.2 Å². The number of ether oxygens (including phenoxy) is 1. The summed E-state index contributed by atoms with van der Waals surface area (Å²) in [5.74, 6) is 1.02. The monoisotopic (exact) mass is 363 g/mol. The van der Waals surface area contributed by atoms with Gasteiger partial charge in [-0.15, -0.1) is 0 Å². The Labute approximate surface area is 156 Å². The number of nitro groups is 1. The zero-order valence-electron chi connectivity index (χ0n) is 16.4. The summed E-state index contributed by atoms with van der Waals surface area (Å²) in [6.45, 7) is 7.60. The molecular weight excluding hydrogens is 330 g/mol. The molecule has 0 aromatic heterocycles. The van der Waals surface area contributed by atoms with Crippen LogP contribution in [-0.4, -0.2) is 36.6 Å². The van der Waals surface area contributed by atoms with Crippen LogP contribution in [0.1, 0.15) is 51.5 Å². The van der Waals surface area contributed by atoms with Gasteiger partial charge in [-0.3, -0.25) is 15.0 Å². The summed E-state index contributed by atoms with van der Waals surface area (Å²) in [6, 6.07) is 5.26. The van der Waals surface area contributed by atoms with Crippen molar-refractivity contribution in [3.05, 3.63) is 33.9 Å². The predicted molar refractivity (Wildman–Crippen MR) is 104 cm³/mol. The van der Waals surface area contributed by atoms with E-state index in [-0.39, 0.29) is 16.0 Å². The van der Waals surface area contributed by atoms with Gasteiger partial charge in [-0.2, -0.15) is 0 Å². The number of hydrogen-bond donors (Lipinski definition) is 1. The molecule has 0 amide bonds. The summed E-state index contributed by atoms with van der Waals surface area (Å²) in [4.78, 5) is 13.4. The minimum absolute atomic E-state index is 0.0209. The second-order valence-electron chi connectivity index (χ2n) is 8.31. The molecule has 0 aliphatic heterocycles. The molecule has 0 atom stereocenters. The molecule has 0 spiro atoms. The zero-order valence-corrected chi connectivity index (χ0v) is 16.4. The molecule has 6 heteroatoms. The van der Waals surface area contributed by atoms with Gasteiger partial charge in [-0.25, -0.2) is 0 Å². The highest BCUT2D eigenvalue weighted by atomic mass is 16.6. The first-order chi connectivity index (χ1) is 12.3. The second-order valence-corrected chi connectivity index (χ2v) is 8.31. The van der Waals surface area contributed by atoms with Crippen LogP contribution >= 0.6 is 0 Å². The zero-order chi connectivity index (χ0) is 19.2. The predicted octanol–water partition coefficient (Wildman–Crippen LogP) is 3.97. The number of nitro benzene ring substituents is 1. The van der Waals surface area contributed by atoms with Crippen LogP contribution in [-0.2, 0) is 6.54 Å². The average molecular weight is 364 g/mol. The first-order valence-corrected chi connectivity index (χ1v) is 9.58. The van der Waals surface area contributed by atoms with Crippen LogP contribution < -0.4 is 10.5 Å². The molecule has 1 aromatic rings. The van der Waals surface area contributed by atoms with Crippen molar-refractivity contribution in [3.63, 3.8) is 0 Å². The third kappa shape index (κ3) is 5.95. The maximum atomic E-state index is 11.3. The maximum Gasteiger partial charge on any atom is 0.311 e. The summed E-state index contributed by atoms with van der Waals surface area (Å²) in [6.07, 6.45) is 6.53. The molecule has 146 valence electrons. The lowest BCUT2D eigenvalue weighted by atomic mass is 9.87. The number of hydrogen-bond acceptors (Lipinski definition) is 5. The molecule has 1 saturated carbocycles. The van der Waals surface area contributed by atoms with Crippen molar-refractivity contribution in [2.24, 2.45) is 17.1 Å². The Hall–Kier alpha value is -1.66. The smallest absolute Gasteiger partial charge is 0.311 e. The van der Waals surface area contributed by atoms with Gasteiger partial charge in [-0.05, 0) is 42.3 Å². The minimum Gasteiger partial charge on any atom is -0.490 e. The SMILES string of the molecule is COc1ccc(CN(CC2CCCCC2)CC(C)(C)CN)cc1[N+](=O)[O-]. The van der Waals surface area contributed by atoms with Gasteiger partial charge in [-0.1, -0.05) is 39.2 Å². The van der Waals surface area contributed by atoms with Crippen molar-refractivity contribution in [2.45, 2.75) is 52.5 Å². The summed E-state index contributed by atoms with van der Waals surface area (Å²) < 4.78 is 5.11. The summed E-state index contributed by atoms with van der Waals surface area (Å²) in [5.41, 5.74) is 6.95. The second kappa shape index (κ2) is 9.33. The number of rotatable bonds is 9. The molecular formula is C20H33N3O3. The molecule has 26 heavy (non-hydrogen) atoms. The topological polar surface area (TPSA) is 81.6 Å². The van der Waals surface area contributed by atoms with Crippen LogP contribution in [0.3, 0.4) is 0 Å². The van der Waals surface area contributed by atoms with Crippen molar-refractivity contribution in [3.8, 4) is 5.75 Å². The van der Waals surface area contributed by atoms with Crippen LogP contribution in [0.25, 0.3) is 0 Å². The fourth-order valence-electron chi connectivity index (χ4n) is 3.82. The van der Waals surface area contributed by atoms with E-state index in [4.69, 9.17) is 10.5 Å². The molecule has 0 saturated heterocycles. The Morgan fingerprint density at radius 3 is 2.58 bits per heavy atom. The van der Waals surface area contributed by atoms with Crippen molar-refractivity contribution >= 4 is 5.69 Å². The maximum absolute atomic E-state index is 11.3. The normalized spacial score (nSPS) is 16.0. The Morgan fingerprint density at radius 2 is 2.00 bits per heavy atom. The molecule has 2 rings (SSSR count). The van der Waals surface area contributed by atoms with Crippen molar-refractivity contribution in [2.75, 3.05) is 26.7 Å². The van der Waals surface area contributed by atoms with Crippen molar-refractivity contribution < 1.29 is 9.66 Å². The van der Waals surface area contributed by atoms with Crippen molar-refractivity contribution in [1.82, 2.24) is 4.90 Å². The van der Waals surface area contributed by atoms with Gasteiger partial charge >= 0.3 is 5.69 Å². The Kier molecular flexibility index (Phi) is 7.41. The molecule has 1 aliphatic carbocycles. The van der Waals surface area contributed by atoms with Crippen molar-refractivity contribution in [1.29, 1.82) is 0 Å². The van der Waals surface area contributed by atoms with E-state index < -0.39 is 0 Å². The van der Waals surface area contributed by atoms with Crippen LogP contribution in [0, 0.1) is 21.4 Å². The first-order valence-electron chi connectivity index (χ1n) is 9.58. The Bertz CT molecular complexity index is 598. The van der Waals surface area contributed by atoms with Crippen LogP contribution in [0.4, 0.5) is 5.69 Å². The van der Waals surface area contributed by atoms with Gasteiger partial charge in [0.05, 0.1) is 12.0 Å². The van der Waals surface area contributed by atoms with Gasteiger partial charge in [0.2, 0.25) is 0 Å². The fraction of sp³-hybridized carbons (Fsp3) is 0.700. The van der Waals surface area contributed by atoms with Crippen LogP contribution in [0.5, 0.6) is 5.75 Å². The van der Waals surface area contributed by atoms with Gasteiger partial charge in [0.1, 0.15) is 0 Å². The van der Waals surface area contributed by atoms with E-state index in [0.29, 0.717) is 24.8 Å². The first kappa shape index (κ1) is 20.6. The molecule has 1 aliphatic rings. The van der Waals surface area contributed by atoms with Gasteiger partial charge < -0.3 is 10.5 Å². The van der Waals surface area contributed by atoms with Gasteiger partial charge in [0.15, 0.2) is 5.75 Å². The average Bonchev–Trinajstić information content (AvgIpc) is 2.62. The highest BCUT2D eigenvalue weighted by molar-refractivity contribution is 5.48. The lowest BCUT2D eigenvalue weighted by molar-refractivity contribution is -0.385. The number of methoxy groups -OCH3 is 1. The lowest BCUT2D eigenvalue weighted by Gasteiger charge is -2.35. The third-order valence-corrected chi connectivity index (χ3v) is 5.29. The summed E-state index contributed by atoms with van der Waals surface area (Å²) in [5, 5.41) is 11.3. The highest BCUT2D eigenvalue weighted by Gasteiger charge is 2.25. The van der Waals surface area contributed by atoms with E-state index >= 15 is 0 Å². The fourth-order valence-corrected chi connectivity index (χ4v) is 3.82. The van der Waals surface area contributed by atoms with E-state index in [0.717, 1.165) is 18.7 Å². The largest absolute Gasteiger partial charge is 0.490 e. The lowest BCUT2D eigenvalue weighted by Crippen LogP contribution is -2.41. The number of nitrogens with two attached hydrogens (primary N) is 1. The van der Waals surface area contributed by atoms with E-state index in [9.17, 15) is 10.1 Å². The third-order valence-electron chi connectivity index (χ3n) is 5.29. The highest BCUT2D eigenvalue weighted by Crippen LogP contribution is 2.30. The molecule has 0 heterocycles. The molecule has 0 radical (unpaired) electrons.